The summed E-state index contributed by atoms with van der Waals surface area (Å²) in [6.45, 7) is 0. The zero-order valence-corrected chi connectivity index (χ0v) is 9.67. The topological polar surface area (TPSA) is 28.0 Å². The minimum absolute atomic E-state index is 0.717. The van der Waals surface area contributed by atoms with E-state index in [1.807, 2.05) is 19.0 Å². The maximum absolute atomic E-state index is 4.65. The number of hydrogen-bond acceptors (Lipinski definition) is 4. The van der Waals surface area contributed by atoms with Crippen LogP contribution < -0.4 is 0 Å². The molecule has 3 nitrogen and oxygen atoms in total. The first-order chi connectivity index (χ1) is 5.70. The van der Waals surface area contributed by atoms with Crippen LogP contribution in [0.5, 0.6) is 0 Å². The van der Waals surface area contributed by atoms with Gasteiger partial charge in [-0.2, -0.15) is 0 Å². The minimum Gasteiger partial charge on any atom is -0.369 e. The van der Waals surface area contributed by atoms with Gasteiger partial charge < -0.3 is 4.90 Å². The SMILES string of the molecule is CN=C(/N=C/N(C)C)SSC=S. The molecule has 0 aliphatic carbocycles. The summed E-state index contributed by atoms with van der Waals surface area (Å²) < 4.78 is 1.58. The summed E-state index contributed by atoms with van der Waals surface area (Å²) >= 11 is 4.65. The Hall–Kier alpha value is -0.0700. The van der Waals surface area contributed by atoms with Crippen molar-refractivity contribution in [2.45, 2.75) is 0 Å². The summed E-state index contributed by atoms with van der Waals surface area (Å²) in [5, 5.41) is 0.717. The summed E-state index contributed by atoms with van der Waals surface area (Å²) in [4.78, 5) is 9.93. The highest BCUT2D eigenvalue weighted by molar-refractivity contribution is 8.87. The summed E-state index contributed by atoms with van der Waals surface area (Å²) in [5.41, 5.74) is 0. The number of rotatable bonds is 3. The maximum Gasteiger partial charge on any atom is 0.195 e. The summed E-state index contributed by atoms with van der Waals surface area (Å²) in [6, 6.07) is 0. The smallest absolute Gasteiger partial charge is 0.195 e. The van der Waals surface area contributed by atoms with Crippen molar-refractivity contribution in [3.63, 3.8) is 0 Å². The average molecular weight is 221 g/mol. The van der Waals surface area contributed by atoms with E-state index in [0.717, 1.165) is 5.17 Å². The van der Waals surface area contributed by atoms with Crippen LogP contribution in [0, 0.1) is 0 Å². The molecule has 0 spiro atoms. The summed E-state index contributed by atoms with van der Waals surface area (Å²) in [7, 11) is 8.41. The molecule has 0 fully saturated rings. The van der Waals surface area contributed by atoms with Gasteiger partial charge in [0.05, 0.1) is 6.34 Å². The Balaban J connectivity index is 3.92. The lowest BCUT2D eigenvalue weighted by Gasteiger charge is -2.02. The molecule has 0 N–H and O–H groups in total. The van der Waals surface area contributed by atoms with Crippen LogP contribution in [0.3, 0.4) is 0 Å². The van der Waals surface area contributed by atoms with Crippen molar-refractivity contribution in [2.75, 3.05) is 21.1 Å². The molecular weight excluding hydrogens is 210 g/mol. The lowest BCUT2D eigenvalue weighted by molar-refractivity contribution is 0.644. The van der Waals surface area contributed by atoms with Crippen molar-refractivity contribution in [1.82, 2.24) is 4.90 Å². The fourth-order valence-electron chi connectivity index (χ4n) is 0.344. The van der Waals surface area contributed by atoms with E-state index < -0.39 is 0 Å². The van der Waals surface area contributed by atoms with Crippen molar-refractivity contribution in [2.24, 2.45) is 9.98 Å². The molecule has 0 heterocycles. The summed E-state index contributed by atoms with van der Waals surface area (Å²) in [6.07, 6.45) is 1.71. The van der Waals surface area contributed by atoms with Crippen LogP contribution in [0.1, 0.15) is 0 Å². The molecule has 0 radical (unpaired) electrons. The van der Waals surface area contributed by atoms with E-state index >= 15 is 0 Å². The fraction of sp³-hybridized carbons (Fsp3) is 0.500. The number of nitrogens with zero attached hydrogens (tertiary/aromatic N) is 3. The Morgan fingerprint density at radius 2 is 2.17 bits per heavy atom. The van der Waals surface area contributed by atoms with Gasteiger partial charge in [-0.3, -0.25) is 4.99 Å². The molecule has 0 saturated carbocycles. The highest BCUT2D eigenvalue weighted by Crippen LogP contribution is 2.20. The van der Waals surface area contributed by atoms with Crippen LogP contribution >= 0.6 is 33.8 Å². The largest absolute Gasteiger partial charge is 0.369 e. The van der Waals surface area contributed by atoms with Crippen LogP contribution in [-0.2, 0) is 0 Å². The van der Waals surface area contributed by atoms with Crippen molar-refractivity contribution in [1.29, 1.82) is 0 Å². The number of hydrogen-bond donors (Lipinski definition) is 0. The molecule has 0 atom stereocenters. The van der Waals surface area contributed by atoms with Gasteiger partial charge in [0.15, 0.2) is 5.17 Å². The molecule has 0 bridgehead atoms. The molecule has 0 aliphatic rings. The van der Waals surface area contributed by atoms with Crippen molar-refractivity contribution < 1.29 is 0 Å². The van der Waals surface area contributed by atoms with Gasteiger partial charge in [-0.05, 0) is 21.6 Å². The van der Waals surface area contributed by atoms with Crippen molar-refractivity contribution in [3.05, 3.63) is 0 Å². The van der Waals surface area contributed by atoms with E-state index in [-0.39, 0.29) is 0 Å². The van der Waals surface area contributed by atoms with Gasteiger partial charge in [0.1, 0.15) is 0 Å². The molecule has 68 valence electrons. The fourth-order valence-corrected chi connectivity index (χ4v) is 1.72. The highest BCUT2D eigenvalue weighted by Gasteiger charge is 1.93. The first-order valence-corrected chi connectivity index (χ1v) is 5.83. The Kier molecular flexibility index (Phi) is 7.53. The first-order valence-electron chi connectivity index (χ1n) is 3.15. The van der Waals surface area contributed by atoms with E-state index in [1.165, 1.54) is 21.6 Å². The van der Waals surface area contributed by atoms with E-state index in [4.69, 9.17) is 0 Å². The predicted octanol–water partition coefficient (Wildman–Crippen LogP) is 1.90. The molecule has 0 saturated heterocycles. The van der Waals surface area contributed by atoms with Gasteiger partial charge in [-0.15, -0.1) is 0 Å². The Morgan fingerprint density at radius 3 is 2.58 bits per heavy atom. The first kappa shape index (κ1) is 11.9. The van der Waals surface area contributed by atoms with E-state index in [9.17, 15) is 0 Å². The van der Waals surface area contributed by atoms with Gasteiger partial charge in [-0.1, -0.05) is 12.2 Å². The second-order valence-corrected chi connectivity index (χ2v) is 4.56. The zero-order chi connectivity index (χ0) is 9.40. The second kappa shape index (κ2) is 7.57. The van der Waals surface area contributed by atoms with E-state index in [1.54, 1.807) is 18.1 Å². The molecule has 0 unspecified atom stereocenters. The van der Waals surface area contributed by atoms with Gasteiger partial charge in [0.2, 0.25) is 0 Å². The molecular formula is C6H11N3S3. The van der Waals surface area contributed by atoms with Crippen LogP contribution in [0.25, 0.3) is 0 Å². The van der Waals surface area contributed by atoms with E-state index in [0.29, 0.717) is 0 Å². The van der Waals surface area contributed by atoms with Crippen molar-refractivity contribution in [3.8, 4) is 0 Å². The normalized spacial score (nSPS) is 12.1. The number of aliphatic imine (C=N–C) groups is 2. The zero-order valence-electron chi connectivity index (χ0n) is 7.22. The highest BCUT2D eigenvalue weighted by atomic mass is 33.1. The van der Waals surface area contributed by atoms with Gasteiger partial charge in [-0.25, -0.2) is 4.99 Å². The number of amidine groups is 1. The summed E-state index contributed by atoms with van der Waals surface area (Å²) in [5.74, 6) is 0. The molecule has 0 rings (SSSR count). The second-order valence-electron chi connectivity index (χ2n) is 1.99. The number of thiocarbonyl (C=S) groups is 1. The molecule has 12 heavy (non-hydrogen) atoms. The molecule has 0 aromatic carbocycles. The Labute approximate surface area is 86.1 Å². The van der Waals surface area contributed by atoms with Crippen LogP contribution in [0.2, 0.25) is 0 Å². The van der Waals surface area contributed by atoms with Gasteiger partial charge in [0.25, 0.3) is 0 Å². The molecule has 0 aliphatic heterocycles. The minimum atomic E-state index is 0.717. The molecule has 0 aromatic heterocycles. The lowest BCUT2D eigenvalue weighted by atomic mass is 10.9. The maximum atomic E-state index is 4.65. The third kappa shape index (κ3) is 6.63. The predicted molar refractivity (Wildman–Crippen MR) is 64.4 cm³/mol. The standard InChI is InChI=1S/C6H11N3S3/c1-7-6(12-11-5-10)8-4-9(2)3/h4-5H,1-3H3/b7-6?,8-4+. The third-order valence-electron chi connectivity index (χ3n) is 0.752. The average Bonchev–Trinajstić information content (AvgIpc) is 2.05. The van der Waals surface area contributed by atoms with E-state index in [2.05, 4.69) is 22.2 Å². The Morgan fingerprint density at radius 1 is 1.50 bits per heavy atom. The quantitative estimate of drug-likeness (QED) is 0.315. The van der Waals surface area contributed by atoms with Crippen LogP contribution in [0.15, 0.2) is 9.98 Å². The molecule has 0 amide bonds. The molecule has 0 aromatic rings. The van der Waals surface area contributed by atoms with Crippen LogP contribution in [0.4, 0.5) is 0 Å². The third-order valence-corrected chi connectivity index (χ3v) is 3.04. The van der Waals surface area contributed by atoms with Gasteiger partial charge >= 0.3 is 0 Å². The van der Waals surface area contributed by atoms with Gasteiger partial charge in [0, 0.05) is 25.8 Å². The lowest BCUT2D eigenvalue weighted by Crippen LogP contribution is -2.08. The van der Waals surface area contributed by atoms with Crippen molar-refractivity contribution >= 4 is 50.0 Å². The molecule has 6 heteroatoms. The van der Waals surface area contributed by atoms with Crippen LogP contribution in [-0.4, -0.2) is 42.2 Å². The Bertz CT molecular complexity index is 188. The monoisotopic (exact) mass is 221 g/mol.